The second-order valence-corrected chi connectivity index (χ2v) is 5.36. The van der Waals surface area contributed by atoms with Crippen LogP contribution in [0.1, 0.15) is 13.8 Å². The predicted octanol–water partition coefficient (Wildman–Crippen LogP) is 1.46. The third kappa shape index (κ3) is 2.58. The van der Waals surface area contributed by atoms with Gasteiger partial charge in [0, 0.05) is 13.1 Å². The van der Waals surface area contributed by atoms with Gasteiger partial charge >= 0.3 is 0 Å². The second kappa shape index (κ2) is 5.32. The Morgan fingerprint density at radius 1 is 1.15 bits per heavy atom. The Labute approximate surface area is 118 Å². The van der Waals surface area contributed by atoms with Crippen molar-refractivity contribution in [3.8, 4) is 11.5 Å². The molecule has 0 saturated carbocycles. The first-order chi connectivity index (χ1) is 9.63. The van der Waals surface area contributed by atoms with Gasteiger partial charge in [-0.25, -0.2) is 0 Å². The van der Waals surface area contributed by atoms with Gasteiger partial charge in [0.2, 0.25) is 6.10 Å². The molecule has 2 aliphatic heterocycles. The Kier molecular flexibility index (Phi) is 3.53. The largest absolute Gasteiger partial charge is 0.485 e. The SMILES string of the molecule is CC1CN(C(=O)C2COc3ccccc3O2)CC(C)O1. The summed E-state index contributed by atoms with van der Waals surface area (Å²) in [6, 6.07) is 7.41. The molecule has 20 heavy (non-hydrogen) atoms. The maximum Gasteiger partial charge on any atom is 0.267 e. The van der Waals surface area contributed by atoms with Gasteiger partial charge in [0.25, 0.3) is 5.91 Å². The van der Waals surface area contributed by atoms with Crippen LogP contribution in [-0.4, -0.2) is 48.8 Å². The molecule has 108 valence electrons. The van der Waals surface area contributed by atoms with Crippen molar-refractivity contribution in [2.45, 2.75) is 32.2 Å². The van der Waals surface area contributed by atoms with Crippen molar-refractivity contribution in [1.29, 1.82) is 0 Å². The number of benzene rings is 1. The molecule has 0 aromatic heterocycles. The van der Waals surface area contributed by atoms with Crippen molar-refractivity contribution in [3.63, 3.8) is 0 Å². The van der Waals surface area contributed by atoms with Crippen LogP contribution in [-0.2, 0) is 9.53 Å². The highest BCUT2D eigenvalue weighted by molar-refractivity contribution is 5.82. The fourth-order valence-electron chi connectivity index (χ4n) is 2.70. The van der Waals surface area contributed by atoms with Crippen LogP contribution < -0.4 is 9.47 Å². The van der Waals surface area contributed by atoms with Crippen molar-refractivity contribution in [1.82, 2.24) is 4.90 Å². The molecule has 1 amide bonds. The van der Waals surface area contributed by atoms with Gasteiger partial charge < -0.3 is 19.1 Å². The van der Waals surface area contributed by atoms with E-state index in [1.807, 2.05) is 38.1 Å². The first-order valence-corrected chi connectivity index (χ1v) is 6.96. The molecule has 0 bridgehead atoms. The molecule has 0 spiro atoms. The summed E-state index contributed by atoms with van der Waals surface area (Å²) in [5.41, 5.74) is 0. The number of nitrogens with zero attached hydrogens (tertiary/aromatic N) is 1. The van der Waals surface area contributed by atoms with Crippen molar-refractivity contribution < 1.29 is 19.0 Å². The van der Waals surface area contributed by atoms with Crippen LogP contribution in [0.5, 0.6) is 11.5 Å². The number of hydrogen-bond donors (Lipinski definition) is 0. The molecule has 2 heterocycles. The van der Waals surface area contributed by atoms with Gasteiger partial charge in [0.15, 0.2) is 11.5 Å². The van der Waals surface area contributed by atoms with Gasteiger partial charge in [0.05, 0.1) is 12.2 Å². The number of hydrogen-bond acceptors (Lipinski definition) is 4. The van der Waals surface area contributed by atoms with Gasteiger partial charge in [-0.1, -0.05) is 12.1 Å². The Morgan fingerprint density at radius 3 is 2.50 bits per heavy atom. The van der Waals surface area contributed by atoms with Crippen LogP contribution in [0.15, 0.2) is 24.3 Å². The van der Waals surface area contributed by atoms with E-state index in [1.165, 1.54) is 0 Å². The first kappa shape index (κ1) is 13.2. The van der Waals surface area contributed by atoms with E-state index in [-0.39, 0.29) is 24.7 Å². The lowest BCUT2D eigenvalue weighted by Gasteiger charge is -2.37. The van der Waals surface area contributed by atoms with Crippen LogP contribution >= 0.6 is 0 Å². The summed E-state index contributed by atoms with van der Waals surface area (Å²) in [6.07, 6.45) is -0.457. The number of fused-ring (bicyclic) bond motifs is 1. The summed E-state index contributed by atoms with van der Waals surface area (Å²) in [7, 11) is 0. The van der Waals surface area contributed by atoms with Crippen molar-refractivity contribution in [3.05, 3.63) is 24.3 Å². The van der Waals surface area contributed by atoms with Gasteiger partial charge in [-0.05, 0) is 26.0 Å². The highest BCUT2D eigenvalue weighted by Crippen LogP contribution is 2.31. The van der Waals surface area contributed by atoms with Crippen LogP contribution in [0.4, 0.5) is 0 Å². The average molecular weight is 277 g/mol. The number of carbonyl (C=O) groups excluding carboxylic acids is 1. The van der Waals surface area contributed by atoms with Crippen molar-refractivity contribution in [2.75, 3.05) is 19.7 Å². The molecule has 0 radical (unpaired) electrons. The molecule has 0 N–H and O–H groups in total. The highest BCUT2D eigenvalue weighted by Gasteiger charge is 2.34. The standard InChI is InChI=1S/C15H19NO4/c1-10-7-16(8-11(2)19-10)15(17)14-9-18-12-5-3-4-6-13(12)20-14/h3-6,10-11,14H,7-9H2,1-2H3. The van der Waals surface area contributed by atoms with E-state index < -0.39 is 6.10 Å². The Hall–Kier alpha value is -1.75. The molecular weight excluding hydrogens is 258 g/mol. The van der Waals surface area contributed by atoms with Gasteiger partial charge in [-0.3, -0.25) is 4.79 Å². The summed E-state index contributed by atoms with van der Waals surface area (Å²) < 4.78 is 17.0. The zero-order chi connectivity index (χ0) is 14.1. The Morgan fingerprint density at radius 2 is 1.80 bits per heavy atom. The number of ether oxygens (including phenoxy) is 3. The van der Waals surface area contributed by atoms with E-state index in [1.54, 1.807) is 4.90 Å². The average Bonchev–Trinajstić information content (AvgIpc) is 2.45. The van der Waals surface area contributed by atoms with Crippen LogP contribution in [0.2, 0.25) is 0 Å². The third-order valence-corrected chi connectivity index (χ3v) is 3.52. The van der Waals surface area contributed by atoms with E-state index in [2.05, 4.69) is 0 Å². The summed E-state index contributed by atoms with van der Waals surface area (Å²) in [6.45, 7) is 5.41. The minimum Gasteiger partial charge on any atom is -0.485 e. The third-order valence-electron chi connectivity index (χ3n) is 3.52. The molecule has 5 nitrogen and oxygen atoms in total. The summed E-state index contributed by atoms with van der Waals surface area (Å²) in [5, 5.41) is 0. The Bertz CT molecular complexity index is 494. The van der Waals surface area contributed by atoms with Crippen LogP contribution in [0.25, 0.3) is 0 Å². The predicted molar refractivity (Wildman–Crippen MR) is 72.9 cm³/mol. The number of rotatable bonds is 1. The molecule has 3 atom stereocenters. The van der Waals surface area contributed by atoms with Crippen LogP contribution in [0, 0.1) is 0 Å². The van der Waals surface area contributed by atoms with Crippen molar-refractivity contribution in [2.24, 2.45) is 0 Å². The monoisotopic (exact) mass is 277 g/mol. The van der Waals surface area contributed by atoms with Crippen molar-refractivity contribution >= 4 is 5.91 Å². The normalized spacial score (nSPS) is 29.1. The number of morpholine rings is 1. The molecule has 5 heteroatoms. The van der Waals surface area contributed by atoms with Gasteiger partial charge in [-0.2, -0.15) is 0 Å². The topological polar surface area (TPSA) is 48.0 Å². The molecule has 0 aliphatic carbocycles. The van der Waals surface area contributed by atoms with E-state index in [0.717, 1.165) is 0 Å². The minimum atomic E-state index is -0.567. The zero-order valence-corrected chi connectivity index (χ0v) is 11.7. The quantitative estimate of drug-likeness (QED) is 0.780. The fourth-order valence-corrected chi connectivity index (χ4v) is 2.70. The zero-order valence-electron chi connectivity index (χ0n) is 11.7. The number of amides is 1. The second-order valence-electron chi connectivity index (χ2n) is 5.36. The molecule has 1 aromatic rings. The molecule has 3 rings (SSSR count). The van der Waals surface area contributed by atoms with E-state index in [4.69, 9.17) is 14.2 Å². The van der Waals surface area contributed by atoms with Crippen LogP contribution in [0.3, 0.4) is 0 Å². The molecule has 2 aliphatic rings. The molecule has 1 aromatic carbocycles. The molecule has 1 fully saturated rings. The molecule has 3 unspecified atom stereocenters. The minimum absolute atomic E-state index is 0.0264. The lowest BCUT2D eigenvalue weighted by molar-refractivity contribution is -0.152. The summed E-state index contributed by atoms with van der Waals surface area (Å²) in [5.74, 6) is 1.30. The van der Waals surface area contributed by atoms with Gasteiger partial charge in [-0.15, -0.1) is 0 Å². The van der Waals surface area contributed by atoms with E-state index in [9.17, 15) is 4.79 Å². The number of para-hydroxylation sites is 2. The lowest BCUT2D eigenvalue weighted by Crippen LogP contribution is -2.54. The maximum absolute atomic E-state index is 12.5. The molecular formula is C15H19NO4. The Balaban J connectivity index is 1.69. The van der Waals surface area contributed by atoms with Gasteiger partial charge in [0.1, 0.15) is 6.61 Å². The lowest BCUT2D eigenvalue weighted by atomic mass is 10.2. The summed E-state index contributed by atoms with van der Waals surface area (Å²) >= 11 is 0. The van der Waals surface area contributed by atoms with E-state index in [0.29, 0.717) is 24.6 Å². The fraction of sp³-hybridized carbons (Fsp3) is 0.533. The first-order valence-electron chi connectivity index (χ1n) is 6.96. The maximum atomic E-state index is 12.5. The molecule has 1 saturated heterocycles. The highest BCUT2D eigenvalue weighted by atomic mass is 16.6. The number of carbonyl (C=O) groups is 1. The summed E-state index contributed by atoms with van der Waals surface area (Å²) in [4.78, 5) is 14.3. The smallest absolute Gasteiger partial charge is 0.267 e. The van der Waals surface area contributed by atoms with E-state index >= 15 is 0 Å².